The van der Waals surface area contributed by atoms with Crippen molar-refractivity contribution in [3.8, 4) is 0 Å². The van der Waals surface area contributed by atoms with E-state index < -0.39 is 0 Å². The Kier molecular flexibility index (Phi) is 7.37. The Bertz CT molecular complexity index is 867. The van der Waals surface area contributed by atoms with Crippen molar-refractivity contribution in [2.24, 2.45) is 5.92 Å². The first-order chi connectivity index (χ1) is 15.2. The Hall–Kier alpha value is -2.65. The lowest BCUT2D eigenvalue weighted by Gasteiger charge is -2.29. The van der Waals surface area contributed by atoms with Crippen LogP contribution in [-0.4, -0.2) is 24.0 Å². The normalized spacial score (nSPS) is 21.1. The number of methoxy groups -OCH3 is 1. The Morgan fingerprint density at radius 2 is 1.52 bits per heavy atom. The van der Waals surface area contributed by atoms with Crippen LogP contribution >= 0.6 is 0 Å². The molecule has 0 heterocycles. The van der Waals surface area contributed by atoms with Crippen molar-refractivity contribution in [2.75, 3.05) is 7.11 Å². The predicted molar refractivity (Wildman–Crippen MR) is 125 cm³/mol. The molecule has 2 aromatic rings. The Morgan fingerprint density at radius 3 is 2.06 bits per heavy atom. The third-order valence-corrected chi connectivity index (χ3v) is 6.55. The van der Waals surface area contributed by atoms with E-state index in [1.807, 2.05) is 0 Å². The summed E-state index contributed by atoms with van der Waals surface area (Å²) in [6.07, 6.45) is 11.7. The maximum Gasteiger partial charge on any atom is 0.334 e. The van der Waals surface area contributed by atoms with Crippen LogP contribution in [-0.2, 0) is 22.6 Å². The Labute approximate surface area is 186 Å². The van der Waals surface area contributed by atoms with E-state index in [9.17, 15) is 4.79 Å². The van der Waals surface area contributed by atoms with Gasteiger partial charge in [-0.2, -0.15) is 0 Å². The van der Waals surface area contributed by atoms with Crippen LogP contribution in [0.15, 0.2) is 84.0 Å². The molecule has 4 rings (SSSR count). The molecule has 2 aliphatic carbocycles. The van der Waals surface area contributed by atoms with Crippen LogP contribution in [0, 0.1) is 5.92 Å². The van der Waals surface area contributed by atoms with Gasteiger partial charge < -0.3 is 4.74 Å². The highest BCUT2D eigenvalue weighted by molar-refractivity contribution is 5.90. The minimum absolute atomic E-state index is 0.152. The van der Waals surface area contributed by atoms with Gasteiger partial charge in [0.05, 0.1) is 7.11 Å². The predicted octanol–water partition coefficient (Wildman–Crippen LogP) is 6.07. The standard InChI is InChI=1S/C28H33NO2/c1-31-28(30)27-19-26(18-25(27)17-22-11-5-2-6-12-22)29(20-23-13-7-3-8-14-23)21-24-15-9-4-10-16-24/h3-4,7-10,13-17,19,25-26H,2,5-6,11-12,18,20-21H2,1H3/t25-,26-/m1/s1. The first kappa shape index (κ1) is 21.6. The number of nitrogens with zero attached hydrogens (tertiary/aromatic N) is 1. The van der Waals surface area contributed by atoms with Crippen molar-refractivity contribution in [3.63, 3.8) is 0 Å². The summed E-state index contributed by atoms with van der Waals surface area (Å²) in [5, 5.41) is 0. The largest absolute Gasteiger partial charge is 0.466 e. The van der Waals surface area contributed by atoms with Crippen LogP contribution in [0.1, 0.15) is 49.7 Å². The van der Waals surface area contributed by atoms with Gasteiger partial charge in [-0.05, 0) is 43.2 Å². The zero-order valence-electron chi connectivity index (χ0n) is 18.5. The number of esters is 1. The average Bonchev–Trinajstić information content (AvgIpc) is 3.24. The molecule has 0 radical (unpaired) electrons. The Morgan fingerprint density at radius 1 is 0.935 bits per heavy atom. The number of benzene rings is 2. The molecular formula is C28H33NO2. The summed E-state index contributed by atoms with van der Waals surface area (Å²) in [7, 11) is 1.49. The average molecular weight is 416 g/mol. The lowest BCUT2D eigenvalue weighted by atomic mass is 9.89. The lowest BCUT2D eigenvalue weighted by molar-refractivity contribution is -0.136. The van der Waals surface area contributed by atoms with E-state index in [0.717, 1.165) is 25.1 Å². The van der Waals surface area contributed by atoms with Crippen LogP contribution < -0.4 is 0 Å². The first-order valence-corrected chi connectivity index (χ1v) is 11.5. The van der Waals surface area contributed by atoms with E-state index in [-0.39, 0.29) is 17.9 Å². The van der Waals surface area contributed by atoms with E-state index in [4.69, 9.17) is 4.74 Å². The fraction of sp³-hybridized carbons (Fsp3) is 0.393. The summed E-state index contributed by atoms with van der Waals surface area (Å²) in [6, 6.07) is 21.4. The molecule has 1 fully saturated rings. The second-order valence-electron chi connectivity index (χ2n) is 8.78. The van der Waals surface area contributed by atoms with Crippen molar-refractivity contribution >= 4 is 5.97 Å². The molecule has 3 heteroatoms. The Balaban J connectivity index is 1.59. The second kappa shape index (κ2) is 10.6. The van der Waals surface area contributed by atoms with Gasteiger partial charge in [0.15, 0.2) is 0 Å². The summed E-state index contributed by atoms with van der Waals surface area (Å²) in [5.41, 5.74) is 4.93. The van der Waals surface area contributed by atoms with Gasteiger partial charge in [-0.1, -0.05) is 84.8 Å². The highest BCUT2D eigenvalue weighted by Crippen LogP contribution is 2.35. The number of carbonyl (C=O) groups is 1. The molecule has 31 heavy (non-hydrogen) atoms. The molecule has 0 aliphatic heterocycles. The maximum atomic E-state index is 12.6. The minimum Gasteiger partial charge on any atom is -0.466 e. The molecule has 2 atom stereocenters. The minimum atomic E-state index is -0.181. The van der Waals surface area contributed by atoms with E-state index in [2.05, 4.69) is 77.7 Å². The van der Waals surface area contributed by atoms with Crippen molar-refractivity contribution in [1.29, 1.82) is 0 Å². The van der Waals surface area contributed by atoms with Crippen molar-refractivity contribution in [2.45, 2.75) is 57.7 Å². The van der Waals surface area contributed by atoms with E-state index >= 15 is 0 Å². The molecule has 0 aromatic heterocycles. The zero-order chi connectivity index (χ0) is 21.5. The third kappa shape index (κ3) is 5.74. The number of rotatable bonds is 7. The van der Waals surface area contributed by atoms with E-state index in [0.29, 0.717) is 0 Å². The van der Waals surface area contributed by atoms with Crippen LogP contribution in [0.4, 0.5) is 0 Å². The van der Waals surface area contributed by atoms with E-state index in [1.54, 1.807) is 0 Å². The van der Waals surface area contributed by atoms with Crippen LogP contribution in [0.25, 0.3) is 0 Å². The quantitative estimate of drug-likeness (QED) is 0.406. The smallest absolute Gasteiger partial charge is 0.334 e. The van der Waals surface area contributed by atoms with Crippen molar-refractivity contribution < 1.29 is 9.53 Å². The number of hydrogen-bond acceptors (Lipinski definition) is 3. The second-order valence-corrected chi connectivity index (χ2v) is 8.78. The van der Waals surface area contributed by atoms with Crippen LogP contribution in [0.5, 0.6) is 0 Å². The summed E-state index contributed by atoms with van der Waals surface area (Å²) in [6.45, 7) is 1.71. The third-order valence-electron chi connectivity index (χ3n) is 6.55. The van der Waals surface area contributed by atoms with Gasteiger partial charge in [0, 0.05) is 30.6 Å². The van der Waals surface area contributed by atoms with Crippen LogP contribution in [0.2, 0.25) is 0 Å². The first-order valence-electron chi connectivity index (χ1n) is 11.5. The summed E-state index contributed by atoms with van der Waals surface area (Å²) in [5.74, 6) is -0.0286. The molecule has 0 amide bonds. The zero-order valence-corrected chi connectivity index (χ0v) is 18.5. The van der Waals surface area contributed by atoms with Crippen LogP contribution in [0.3, 0.4) is 0 Å². The number of hydrogen-bond donors (Lipinski definition) is 0. The van der Waals surface area contributed by atoms with Gasteiger partial charge in [-0.15, -0.1) is 0 Å². The van der Waals surface area contributed by atoms with Gasteiger partial charge in [-0.3, -0.25) is 4.90 Å². The SMILES string of the molecule is COC(=O)C1=C[C@H](N(Cc2ccccc2)Cc2ccccc2)C[C@H]1C=C1CCCCC1. The highest BCUT2D eigenvalue weighted by atomic mass is 16.5. The summed E-state index contributed by atoms with van der Waals surface area (Å²) in [4.78, 5) is 15.1. The lowest BCUT2D eigenvalue weighted by Crippen LogP contribution is -2.32. The molecule has 0 unspecified atom stereocenters. The number of carbonyl (C=O) groups excluding carboxylic acids is 1. The topological polar surface area (TPSA) is 29.5 Å². The van der Waals surface area contributed by atoms with E-state index in [1.165, 1.54) is 55.9 Å². The van der Waals surface area contributed by atoms with Gasteiger partial charge in [0.1, 0.15) is 0 Å². The summed E-state index contributed by atoms with van der Waals surface area (Å²) < 4.78 is 5.16. The molecule has 2 aliphatic rings. The molecule has 3 nitrogen and oxygen atoms in total. The molecule has 1 saturated carbocycles. The molecule has 0 saturated heterocycles. The molecule has 2 aromatic carbocycles. The van der Waals surface area contributed by atoms with Gasteiger partial charge in [-0.25, -0.2) is 4.79 Å². The highest BCUT2D eigenvalue weighted by Gasteiger charge is 2.33. The molecule has 0 N–H and O–H groups in total. The molecule has 0 bridgehead atoms. The number of ether oxygens (including phenoxy) is 1. The fourth-order valence-corrected chi connectivity index (χ4v) is 4.92. The van der Waals surface area contributed by atoms with Gasteiger partial charge >= 0.3 is 5.97 Å². The number of allylic oxidation sites excluding steroid dienone is 2. The van der Waals surface area contributed by atoms with Gasteiger partial charge in [0.25, 0.3) is 0 Å². The maximum absolute atomic E-state index is 12.6. The van der Waals surface area contributed by atoms with Crippen molar-refractivity contribution in [1.82, 2.24) is 4.90 Å². The van der Waals surface area contributed by atoms with Gasteiger partial charge in [0.2, 0.25) is 0 Å². The molecular weight excluding hydrogens is 382 g/mol. The molecule has 162 valence electrons. The fourth-order valence-electron chi connectivity index (χ4n) is 4.92. The monoisotopic (exact) mass is 415 g/mol. The molecule has 0 spiro atoms. The van der Waals surface area contributed by atoms with Crippen molar-refractivity contribution in [3.05, 3.63) is 95.1 Å². The summed E-state index contributed by atoms with van der Waals surface area (Å²) >= 11 is 0.